The minimum absolute atomic E-state index is 0.00986. The van der Waals surface area contributed by atoms with Crippen molar-refractivity contribution in [3.8, 4) is 0 Å². The number of hydrogen-bond acceptors (Lipinski definition) is 4. The minimum Gasteiger partial charge on any atom is -0.349 e. The second-order valence-electron chi connectivity index (χ2n) is 7.09. The Morgan fingerprint density at radius 2 is 1.84 bits per heavy atom. The van der Waals surface area contributed by atoms with Crippen LogP contribution in [0.1, 0.15) is 41.6 Å². The lowest BCUT2D eigenvalue weighted by molar-refractivity contribution is 0.0937. The molecule has 0 unspecified atom stereocenters. The van der Waals surface area contributed by atoms with Crippen LogP contribution < -0.4 is 5.32 Å². The van der Waals surface area contributed by atoms with Gasteiger partial charge in [-0.1, -0.05) is 25.0 Å². The van der Waals surface area contributed by atoms with Crippen molar-refractivity contribution in [1.82, 2.24) is 14.5 Å². The smallest absolute Gasteiger partial charge is 0.251 e. The number of amides is 1. The minimum atomic E-state index is -3.10. The summed E-state index contributed by atoms with van der Waals surface area (Å²) in [6.07, 6.45) is 5.82. The average molecular weight is 365 g/mol. The zero-order valence-corrected chi connectivity index (χ0v) is 15.6. The van der Waals surface area contributed by atoms with Crippen molar-refractivity contribution in [2.75, 3.05) is 32.4 Å². The standard InChI is InChI=1S/C18H27N3O3S/c1-25(23,24)21-11-9-20(10-12-21)14-15-5-4-6-16(13-15)18(22)19-17-7-2-3-8-17/h4-6,13,17H,2-3,7-12,14H2,1H3,(H,19,22). The Kier molecular flexibility index (Phi) is 5.76. The number of nitrogens with one attached hydrogen (secondary N) is 1. The molecule has 0 atom stereocenters. The van der Waals surface area contributed by atoms with Gasteiger partial charge in [0.2, 0.25) is 10.0 Å². The molecular weight excluding hydrogens is 338 g/mol. The third kappa shape index (κ3) is 5.03. The molecule has 7 heteroatoms. The summed E-state index contributed by atoms with van der Waals surface area (Å²) >= 11 is 0. The van der Waals surface area contributed by atoms with Gasteiger partial charge in [0.05, 0.1) is 6.26 Å². The lowest BCUT2D eigenvalue weighted by Gasteiger charge is -2.33. The Morgan fingerprint density at radius 1 is 1.16 bits per heavy atom. The molecule has 6 nitrogen and oxygen atoms in total. The number of carbonyl (C=O) groups excluding carboxylic acids is 1. The maximum Gasteiger partial charge on any atom is 0.251 e. The van der Waals surface area contributed by atoms with E-state index in [-0.39, 0.29) is 5.91 Å². The summed E-state index contributed by atoms with van der Waals surface area (Å²) in [4.78, 5) is 14.6. The predicted octanol–water partition coefficient (Wildman–Crippen LogP) is 1.44. The van der Waals surface area contributed by atoms with Crippen molar-refractivity contribution < 1.29 is 13.2 Å². The first kappa shape index (κ1) is 18.4. The van der Waals surface area contributed by atoms with Gasteiger partial charge < -0.3 is 5.32 Å². The SMILES string of the molecule is CS(=O)(=O)N1CCN(Cc2cccc(C(=O)NC3CCCC3)c2)CC1. The topological polar surface area (TPSA) is 69.7 Å². The van der Waals surface area contributed by atoms with Crippen molar-refractivity contribution in [3.63, 3.8) is 0 Å². The number of hydrogen-bond donors (Lipinski definition) is 1. The average Bonchev–Trinajstić information content (AvgIpc) is 3.08. The molecular formula is C18H27N3O3S. The van der Waals surface area contributed by atoms with E-state index in [0.29, 0.717) is 37.8 Å². The Morgan fingerprint density at radius 3 is 2.48 bits per heavy atom. The van der Waals surface area contributed by atoms with Gasteiger partial charge in [0.1, 0.15) is 0 Å². The molecule has 138 valence electrons. The van der Waals surface area contributed by atoms with Gasteiger partial charge >= 0.3 is 0 Å². The van der Waals surface area contributed by atoms with Crippen LogP contribution >= 0.6 is 0 Å². The number of piperazine rings is 1. The van der Waals surface area contributed by atoms with E-state index in [1.54, 1.807) is 0 Å². The van der Waals surface area contributed by atoms with Gasteiger partial charge in [-0.3, -0.25) is 9.69 Å². The van der Waals surface area contributed by atoms with E-state index < -0.39 is 10.0 Å². The third-order valence-electron chi connectivity index (χ3n) is 5.09. The van der Waals surface area contributed by atoms with Crippen molar-refractivity contribution in [2.24, 2.45) is 0 Å². The van der Waals surface area contributed by atoms with Gasteiger partial charge in [0, 0.05) is 44.3 Å². The van der Waals surface area contributed by atoms with Crippen LogP contribution in [0.25, 0.3) is 0 Å². The van der Waals surface area contributed by atoms with Crippen LogP contribution in [-0.2, 0) is 16.6 Å². The van der Waals surface area contributed by atoms with Crippen molar-refractivity contribution in [2.45, 2.75) is 38.3 Å². The van der Waals surface area contributed by atoms with E-state index in [1.165, 1.54) is 23.4 Å². The normalized spacial score (nSPS) is 20.7. The first-order chi connectivity index (χ1) is 11.9. The van der Waals surface area contributed by atoms with E-state index in [0.717, 1.165) is 24.9 Å². The maximum atomic E-state index is 12.4. The number of benzene rings is 1. The van der Waals surface area contributed by atoms with E-state index >= 15 is 0 Å². The molecule has 1 aromatic rings. The zero-order valence-electron chi connectivity index (χ0n) is 14.8. The fourth-order valence-corrected chi connectivity index (χ4v) is 4.45. The van der Waals surface area contributed by atoms with Crippen molar-refractivity contribution >= 4 is 15.9 Å². The molecule has 1 saturated heterocycles. The Hall–Kier alpha value is -1.44. The number of rotatable bonds is 5. The maximum absolute atomic E-state index is 12.4. The molecule has 0 radical (unpaired) electrons. The first-order valence-corrected chi connectivity index (χ1v) is 10.8. The summed E-state index contributed by atoms with van der Waals surface area (Å²) in [5, 5.41) is 3.12. The van der Waals surface area contributed by atoms with Crippen LogP contribution in [0.3, 0.4) is 0 Å². The van der Waals surface area contributed by atoms with Crippen LogP contribution in [0.15, 0.2) is 24.3 Å². The van der Waals surface area contributed by atoms with Crippen LogP contribution in [0, 0.1) is 0 Å². The van der Waals surface area contributed by atoms with Crippen LogP contribution in [-0.4, -0.2) is 62.0 Å². The summed E-state index contributed by atoms with van der Waals surface area (Å²) in [5.41, 5.74) is 1.80. The Bertz CT molecular complexity index is 706. The summed E-state index contributed by atoms with van der Waals surface area (Å²) in [5.74, 6) is 0.00986. The number of sulfonamides is 1. The monoisotopic (exact) mass is 365 g/mol. The number of nitrogens with zero attached hydrogens (tertiary/aromatic N) is 2. The molecule has 0 spiro atoms. The molecule has 2 fully saturated rings. The van der Waals surface area contributed by atoms with Crippen molar-refractivity contribution in [1.29, 1.82) is 0 Å². The van der Waals surface area contributed by atoms with E-state index in [2.05, 4.69) is 10.2 Å². The molecule has 0 aromatic heterocycles. The lowest BCUT2D eigenvalue weighted by atomic mass is 10.1. The molecule has 1 amide bonds. The van der Waals surface area contributed by atoms with Crippen LogP contribution in [0.5, 0.6) is 0 Å². The van der Waals surface area contributed by atoms with Gasteiger partial charge in [0.15, 0.2) is 0 Å². The van der Waals surface area contributed by atoms with Crippen LogP contribution in [0.2, 0.25) is 0 Å². The highest BCUT2D eigenvalue weighted by atomic mass is 32.2. The molecule has 1 aliphatic carbocycles. The van der Waals surface area contributed by atoms with E-state index in [9.17, 15) is 13.2 Å². The summed E-state index contributed by atoms with van der Waals surface area (Å²) in [6, 6.07) is 8.07. The lowest BCUT2D eigenvalue weighted by Crippen LogP contribution is -2.47. The fourth-order valence-electron chi connectivity index (χ4n) is 3.63. The molecule has 1 N–H and O–H groups in total. The fraction of sp³-hybridized carbons (Fsp3) is 0.611. The summed E-state index contributed by atoms with van der Waals surface area (Å²) < 4.78 is 24.7. The van der Waals surface area contributed by atoms with E-state index in [4.69, 9.17) is 0 Å². The molecule has 1 saturated carbocycles. The Labute approximate surface area is 150 Å². The number of carbonyl (C=O) groups is 1. The second kappa shape index (κ2) is 7.85. The van der Waals surface area contributed by atoms with Gasteiger partial charge in [-0.15, -0.1) is 0 Å². The van der Waals surface area contributed by atoms with E-state index in [1.807, 2.05) is 24.3 Å². The largest absolute Gasteiger partial charge is 0.349 e. The molecule has 1 heterocycles. The van der Waals surface area contributed by atoms with Gasteiger partial charge in [0.25, 0.3) is 5.91 Å². The molecule has 0 bridgehead atoms. The molecule has 25 heavy (non-hydrogen) atoms. The molecule has 3 rings (SSSR count). The first-order valence-electron chi connectivity index (χ1n) is 8.99. The highest BCUT2D eigenvalue weighted by Crippen LogP contribution is 2.18. The van der Waals surface area contributed by atoms with Crippen molar-refractivity contribution in [3.05, 3.63) is 35.4 Å². The van der Waals surface area contributed by atoms with Gasteiger partial charge in [-0.2, -0.15) is 4.31 Å². The highest BCUT2D eigenvalue weighted by molar-refractivity contribution is 7.88. The second-order valence-corrected chi connectivity index (χ2v) is 9.08. The zero-order chi connectivity index (χ0) is 17.9. The summed E-state index contributed by atoms with van der Waals surface area (Å²) in [6.45, 7) is 3.22. The quantitative estimate of drug-likeness (QED) is 0.857. The summed E-state index contributed by atoms with van der Waals surface area (Å²) in [7, 11) is -3.10. The molecule has 2 aliphatic rings. The highest BCUT2D eigenvalue weighted by Gasteiger charge is 2.23. The van der Waals surface area contributed by atoms with Crippen LogP contribution in [0.4, 0.5) is 0 Å². The predicted molar refractivity (Wildman–Crippen MR) is 97.9 cm³/mol. The Balaban J connectivity index is 1.56. The van der Waals surface area contributed by atoms with Gasteiger partial charge in [-0.25, -0.2) is 8.42 Å². The van der Waals surface area contributed by atoms with Gasteiger partial charge in [-0.05, 0) is 30.5 Å². The molecule has 1 aromatic carbocycles. The molecule has 1 aliphatic heterocycles. The third-order valence-corrected chi connectivity index (χ3v) is 6.39.